The van der Waals surface area contributed by atoms with Crippen molar-refractivity contribution in [2.24, 2.45) is 0 Å². The minimum absolute atomic E-state index is 0.255. The zero-order valence-electron chi connectivity index (χ0n) is 11.8. The maximum Gasteiger partial charge on any atom is 0.119 e. The van der Waals surface area contributed by atoms with E-state index in [9.17, 15) is 5.11 Å². The average Bonchev–Trinajstić information content (AvgIpc) is 2.36. The van der Waals surface area contributed by atoms with E-state index >= 15 is 0 Å². The van der Waals surface area contributed by atoms with Crippen molar-refractivity contribution in [1.82, 2.24) is 4.90 Å². The lowest BCUT2D eigenvalue weighted by molar-refractivity contribution is 0.00782. The number of likely N-dealkylation sites (N-methyl/N-ethyl adjacent to an activating group) is 1. The van der Waals surface area contributed by atoms with Gasteiger partial charge in [-0.2, -0.15) is 0 Å². The highest BCUT2D eigenvalue weighted by molar-refractivity contribution is 5.39. The monoisotopic (exact) mass is 261 g/mol. The standard InChI is InChI=1S/C16H23NO2/c1-17(12-4-3-5-12)15-9-7-11-6-8-13(19-2)10-14(11)16(15)18/h6,8,10,12,15-16,18H,3-5,7,9H2,1-2H3. The molecule has 2 aliphatic carbocycles. The van der Waals surface area contributed by atoms with Crippen molar-refractivity contribution < 1.29 is 9.84 Å². The van der Waals surface area contributed by atoms with Crippen molar-refractivity contribution in [2.45, 2.75) is 50.3 Å². The Morgan fingerprint density at radius 3 is 2.68 bits per heavy atom. The fourth-order valence-corrected chi connectivity index (χ4v) is 3.36. The number of ether oxygens (including phenoxy) is 1. The van der Waals surface area contributed by atoms with Gasteiger partial charge in [0.2, 0.25) is 0 Å². The molecule has 0 radical (unpaired) electrons. The van der Waals surface area contributed by atoms with Crippen LogP contribution in [0.2, 0.25) is 0 Å². The number of aliphatic hydroxyl groups is 1. The zero-order chi connectivity index (χ0) is 13.4. The highest BCUT2D eigenvalue weighted by atomic mass is 16.5. The Bertz CT molecular complexity index is 456. The first kappa shape index (κ1) is 12.9. The number of rotatable bonds is 3. The first-order valence-corrected chi connectivity index (χ1v) is 7.27. The highest BCUT2D eigenvalue weighted by Gasteiger charge is 2.35. The Labute approximate surface area is 115 Å². The molecule has 1 aromatic rings. The number of methoxy groups -OCH3 is 1. The summed E-state index contributed by atoms with van der Waals surface area (Å²) in [5.41, 5.74) is 2.33. The normalized spacial score (nSPS) is 26.9. The number of fused-ring (bicyclic) bond motifs is 1. The number of nitrogens with zero attached hydrogens (tertiary/aromatic N) is 1. The van der Waals surface area contributed by atoms with Gasteiger partial charge in [-0.15, -0.1) is 0 Å². The van der Waals surface area contributed by atoms with Crippen LogP contribution in [0.4, 0.5) is 0 Å². The van der Waals surface area contributed by atoms with Crippen molar-refractivity contribution >= 4 is 0 Å². The first-order valence-electron chi connectivity index (χ1n) is 7.27. The van der Waals surface area contributed by atoms with Gasteiger partial charge in [-0.3, -0.25) is 4.90 Å². The summed E-state index contributed by atoms with van der Waals surface area (Å²) < 4.78 is 5.28. The van der Waals surface area contributed by atoms with Crippen LogP contribution in [-0.4, -0.2) is 36.2 Å². The van der Waals surface area contributed by atoms with E-state index in [1.807, 2.05) is 12.1 Å². The topological polar surface area (TPSA) is 32.7 Å². The maximum atomic E-state index is 10.7. The van der Waals surface area contributed by atoms with Crippen molar-refractivity contribution in [3.05, 3.63) is 29.3 Å². The summed E-state index contributed by atoms with van der Waals surface area (Å²) in [5, 5.41) is 10.7. The van der Waals surface area contributed by atoms with Gasteiger partial charge in [0.25, 0.3) is 0 Å². The molecule has 1 aromatic carbocycles. The smallest absolute Gasteiger partial charge is 0.119 e. The molecule has 1 saturated carbocycles. The number of aliphatic hydroxyl groups excluding tert-OH is 1. The third kappa shape index (κ3) is 2.26. The predicted octanol–water partition coefficient (Wildman–Crippen LogP) is 2.53. The summed E-state index contributed by atoms with van der Waals surface area (Å²) in [5.74, 6) is 0.838. The molecule has 0 amide bonds. The third-order valence-corrected chi connectivity index (χ3v) is 4.92. The number of hydrogen-bond donors (Lipinski definition) is 1. The van der Waals surface area contributed by atoms with Gasteiger partial charge in [-0.1, -0.05) is 12.5 Å². The molecule has 104 valence electrons. The third-order valence-electron chi connectivity index (χ3n) is 4.92. The van der Waals surface area contributed by atoms with Gasteiger partial charge in [-0.25, -0.2) is 0 Å². The van der Waals surface area contributed by atoms with Crippen molar-refractivity contribution in [3.8, 4) is 5.75 Å². The average molecular weight is 261 g/mol. The van der Waals surface area contributed by atoms with E-state index in [-0.39, 0.29) is 12.1 Å². The molecule has 3 rings (SSSR count). The van der Waals surface area contributed by atoms with Crippen LogP contribution in [0.5, 0.6) is 5.75 Å². The van der Waals surface area contributed by atoms with Gasteiger partial charge in [-0.05, 0) is 56.0 Å². The fraction of sp³-hybridized carbons (Fsp3) is 0.625. The summed E-state index contributed by atoms with van der Waals surface area (Å²) in [6.07, 6.45) is 5.62. The molecule has 3 nitrogen and oxygen atoms in total. The van der Waals surface area contributed by atoms with E-state index in [0.717, 1.165) is 24.2 Å². The lowest BCUT2D eigenvalue weighted by Crippen LogP contribution is -2.48. The van der Waals surface area contributed by atoms with Crippen LogP contribution in [0.15, 0.2) is 18.2 Å². The van der Waals surface area contributed by atoms with Gasteiger partial charge in [0, 0.05) is 12.1 Å². The number of benzene rings is 1. The second-order valence-corrected chi connectivity index (χ2v) is 5.87. The molecular formula is C16H23NO2. The summed E-state index contributed by atoms with van der Waals surface area (Å²) in [7, 11) is 3.85. The van der Waals surface area contributed by atoms with E-state index in [1.54, 1.807) is 7.11 Å². The van der Waals surface area contributed by atoms with Crippen LogP contribution in [0.3, 0.4) is 0 Å². The van der Waals surface area contributed by atoms with Gasteiger partial charge < -0.3 is 9.84 Å². The molecule has 0 aliphatic heterocycles. The van der Waals surface area contributed by atoms with E-state index in [1.165, 1.54) is 24.8 Å². The summed E-state index contributed by atoms with van der Waals surface area (Å²) >= 11 is 0. The summed E-state index contributed by atoms with van der Waals surface area (Å²) in [4.78, 5) is 2.40. The molecular weight excluding hydrogens is 238 g/mol. The van der Waals surface area contributed by atoms with E-state index in [0.29, 0.717) is 6.04 Å². The maximum absolute atomic E-state index is 10.7. The molecule has 0 heterocycles. The molecule has 1 fully saturated rings. The van der Waals surface area contributed by atoms with E-state index in [4.69, 9.17) is 4.74 Å². The van der Waals surface area contributed by atoms with Gasteiger partial charge in [0.15, 0.2) is 0 Å². The minimum Gasteiger partial charge on any atom is -0.497 e. The molecule has 0 bridgehead atoms. The molecule has 0 saturated heterocycles. The van der Waals surface area contributed by atoms with Gasteiger partial charge >= 0.3 is 0 Å². The highest BCUT2D eigenvalue weighted by Crippen LogP contribution is 2.37. The first-order chi connectivity index (χ1) is 9.20. The minimum atomic E-state index is -0.385. The quantitative estimate of drug-likeness (QED) is 0.907. The molecule has 19 heavy (non-hydrogen) atoms. The fourth-order valence-electron chi connectivity index (χ4n) is 3.36. The Morgan fingerprint density at radius 2 is 2.05 bits per heavy atom. The Kier molecular flexibility index (Phi) is 3.50. The lowest BCUT2D eigenvalue weighted by atomic mass is 9.82. The SMILES string of the molecule is COc1ccc2c(c1)C(O)C(N(C)C1CCC1)CC2. The van der Waals surface area contributed by atoms with E-state index < -0.39 is 0 Å². The van der Waals surface area contributed by atoms with Crippen LogP contribution in [-0.2, 0) is 6.42 Å². The molecule has 1 N–H and O–H groups in total. The molecule has 3 heteroatoms. The van der Waals surface area contributed by atoms with Crippen LogP contribution in [0.1, 0.15) is 42.9 Å². The molecule has 2 aliphatic rings. The molecule has 0 aromatic heterocycles. The van der Waals surface area contributed by atoms with Gasteiger partial charge in [0.05, 0.1) is 13.2 Å². The molecule has 0 spiro atoms. The predicted molar refractivity (Wildman–Crippen MR) is 75.5 cm³/mol. The van der Waals surface area contributed by atoms with Crippen LogP contribution in [0, 0.1) is 0 Å². The number of aryl methyl sites for hydroxylation is 1. The van der Waals surface area contributed by atoms with Crippen molar-refractivity contribution in [1.29, 1.82) is 0 Å². The van der Waals surface area contributed by atoms with Gasteiger partial charge in [0.1, 0.15) is 5.75 Å². The van der Waals surface area contributed by atoms with E-state index in [2.05, 4.69) is 18.0 Å². The second-order valence-electron chi connectivity index (χ2n) is 5.87. The van der Waals surface area contributed by atoms with Crippen LogP contribution < -0.4 is 4.74 Å². The van der Waals surface area contributed by atoms with Crippen molar-refractivity contribution in [2.75, 3.05) is 14.2 Å². The Morgan fingerprint density at radius 1 is 1.26 bits per heavy atom. The summed E-state index contributed by atoms with van der Waals surface area (Å²) in [6, 6.07) is 7.01. The lowest BCUT2D eigenvalue weighted by Gasteiger charge is -2.44. The molecule has 2 unspecified atom stereocenters. The van der Waals surface area contributed by atoms with Crippen LogP contribution in [0.25, 0.3) is 0 Å². The van der Waals surface area contributed by atoms with Crippen molar-refractivity contribution in [3.63, 3.8) is 0 Å². The zero-order valence-corrected chi connectivity index (χ0v) is 11.8. The second kappa shape index (κ2) is 5.14. The Balaban J connectivity index is 1.83. The Hall–Kier alpha value is -1.06. The van der Waals surface area contributed by atoms with Crippen LogP contribution >= 0.6 is 0 Å². The molecule has 2 atom stereocenters. The summed E-state index contributed by atoms with van der Waals surface area (Å²) in [6.45, 7) is 0. The number of hydrogen-bond acceptors (Lipinski definition) is 3. The largest absolute Gasteiger partial charge is 0.497 e.